The molecule has 100 valence electrons. The number of rotatable bonds is 5. The molecule has 0 aliphatic heterocycles. The Hall–Kier alpha value is -2.00. The summed E-state index contributed by atoms with van der Waals surface area (Å²) in [7, 11) is 1.63. The number of hydrogen-bond acceptors (Lipinski definition) is 3. The second kappa shape index (κ2) is 6.25. The fourth-order valence-electron chi connectivity index (χ4n) is 1.85. The van der Waals surface area contributed by atoms with Gasteiger partial charge in [-0.15, -0.1) is 0 Å². The lowest BCUT2D eigenvalue weighted by Gasteiger charge is -2.12. The normalized spacial score (nSPS) is 11.9. The van der Waals surface area contributed by atoms with Crippen molar-refractivity contribution in [3.63, 3.8) is 0 Å². The standard InChI is InChI=1S/C16H19NO2/c1-3-14(17)12-8-10-13(11-9-12)19-16-7-5-4-6-15(16)18-2/h4-11,14H,3,17H2,1-2H3. The molecule has 1 atom stereocenters. The van der Waals surface area contributed by atoms with Crippen LogP contribution < -0.4 is 15.2 Å². The number of para-hydroxylation sites is 2. The Labute approximate surface area is 114 Å². The minimum Gasteiger partial charge on any atom is -0.493 e. The number of benzene rings is 2. The summed E-state index contributed by atoms with van der Waals surface area (Å²) in [6.07, 6.45) is 0.923. The second-order valence-corrected chi connectivity index (χ2v) is 4.34. The molecule has 2 aromatic carbocycles. The van der Waals surface area contributed by atoms with Crippen LogP contribution in [0.25, 0.3) is 0 Å². The van der Waals surface area contributed by atoms with Crippen LogP contribution in [0.15, 0.2) is 48.5 Å². The summed E-state index contributed by atoms with van der Waals surface area (Å²) in [4.78, 5) is 0. The van der Waals surface area contributed by atoms with Gasteiger partial charge in [0.25, 0.3) is 0 Å². The van der Waals surface area contributed by atoms with Crippen molar-refractivity contribution in [2.45, 2.75) is 19.4 Å². The highest BCUT2D eigenvalue weighted by atomic mass is 16.5. The molecule has 0 amide bonds. The summed E-state index contributed by atoms with van der Waals surface area (Å²) >= 11 is 0. The number of methoxy groups -OCH3 is 1. The van der Waals surface area contributed by atoms with Crippen LogP contribution in [0, 0.1) is 0 Å². The van der Waals surface area contributed by atoms with Gasteiger partial charge in [-0.05, 0) is 36.2 Å². The summed E-state index contributed by atoms with van der Waals surface area (Å²) in [6.45, 7) is 2.07. The van der Waals surface area contributed by atoms with Gasteiger partial charge in [0, 0.05) is 6.04 Å². The summed E-state index contributed by atoms with van der Waals surface area (Å²) in [5, 5.41) is 0. The predicted octanol–water partition coefficient (Wildman–Crippen LogP) is 3.90. The fraction of sp³-hybridized carbons (Fsp3) is 0.250. The minimum atomic E-state index is 0.0836. The van der Waals surface area contributed by atoms with Crippen molar-refractivity contribution in [2.75, 3.05) is 7.11 Å². The first kappa shape index (κ1) is 13.4. The van der Waals surface area contributed by atoms with E-state index in [-0.39, 0.29) is 6.04 Å². The van der Waals surface area contributed by atoms with Crippen LogP contribution in [0.3, 0.4) is 0 Å². The van der Waals surface area contributed by atoms with Crippen LogP contribution in [0.1, 0.15) is 24.9 Å². The molecular weight excluding hydrogens is 238 g/mol. The number of hydrogen-bond donors (Lipinski definition) is 1. The van der Waals surface area contributed by atoms with Gasteiger partial charge in [0.1, 0.15) is 5.75 Å². The predicted molar refractivity (Wildman–Crippen MR) is 76.7 cm³/mol. The van der Waals surface area contributed by atoms with Crippen LogP contribution >= 0.6 is 0 Å². The lowest BCUT2D eigenvalue weighted by molar-refractivity contribution is 0.379. The van der Waals surface area contributed by atoms with Crippen LogP contribution in [0.5, 0.6) is 17.2 Å². The van der Waals surface area contributed by atoms with Gasteiger partial charge in [0.15, 0.2) is 11.5 Å². The summed E-state index contributed by atoms with van der Waals surface area (Å²) in [5.41, 5.74) is 7.10. The van der Waals surface area contributed by atoms with Gasteiger partial charge in [-0.2, -0.15) is 0 Å². The molecule has 0 heterocycles. The summed E-state index contributed by atoms with van der Waals surface area (Å²) < 4.78 is 11.1. The Balaban J connectivity index is 2.15. The van der Waals surface area contributed by atoms with Gasteiger partial charge in [-0.1, -0.05) is 31.2 Å². The van der Waals surface area contributed by atoms with Gasteiger partial charge in [0.05, 0.1) is 7.11 Å². The molecule has 0 fully saturated rings. The van der Waals surface area contributed by atoms with Crippen molar-refractivity contribution in [1.29, 1.82) is 0 Å². The molecule has 3 nitrogen and oxygen atoms in total. The lowest BCUT2D eigenvalue weighted by atomic mass is 10.1. The molecule has 0 radical (unpaired) electrons. The molecule has 19 heavy (non-hydrogen) atoms. The van der Waals surface area contributed by atoms with Crippen molar-refractivity contribution >= 4 is 0 Å². The van der Waals surface area contributed by atoms with Crippen molar-refractivity contribution < 1.29 is 9.47 Å². The molecule has 0 aliphatic rings. The molecule has 0 saturated heterocycles. The molecule has 2 rings (SSSR count). The zero-order valence-corrected chi connectivity index (χ0v) is 11.3. The smallest absolute Gasteiger partial charge is 0.169 e. The first-order chi connectivity index (χ1) is 9.24. The molecular formula is C16H19NO2. The average molecular weight is 257 g/mol. The quantitative estimate of drug-likeness (QED) is 0.883. The summed E-state index contributed by atoms with van der Waals surface area (Å²) in [6, 6.07) is 15.5. The Morgan fingerprint density at radius 1 is 1.00 bits per heavy atom. The Bertz CT molecular complexity index is 523. The highest BCUT2D eigenvalue weighted by Crippen LogP contribution is 2.31. The van der Waals surface area contributed by atoms with Gasteiger partial charge in [-0.3, -0.25) is 0 Å². The topological polar surface area (TPSA) is 44.5 Å². The van der Waals surface area contributed by atoms with Gasteiger partial charge in [-0.25, -0.2) is 0 Å². The SMILES string of the molecule is CCC(N)c1ccc(Oc2ccccc2OC)cc1. The van der Waals surface area contributed by atoms with Gasteiger partial charge in [0.2, 0.25) is 0 Å². The second-order valence-electron chi connectivity index (χ2n) is 4.34. The van der Waals surface area contributed by atoms with Crippen molar-refractivity contribution in [3.05, 3.63) is 54.1 Å². The van der Waals surface area contributed by atoms with E-state index in [1.165, 1.54) is 0 Å². The number of ether oxygens (including phenoxy) is 2. The van der Waals surface area contributed by atoms with Crippen molar-refractivity contribution in [1.82, 2.24) is 0 Å². The first-order valence-corrected chi connectivity index (χ1v) is 6.41. The molecule has 0 aliphatic carbocycles. The molecule has 0 spiro atoms. The maximum absolute atomic E-state index is 5.98. The first-order valence-electron chi connectivity index (χ1n) is 6.41. The van der Waals surface area contributed by atoms with Crippen LogP contribution in [0.2, 0.25) is 0 Å². The number of nitrogens with two attached hydrogens (primary N) is 1. The van der Waals surface area contributed by atoms with Gasteiger partial charge < -0.3 is 15.2 Å². The van der Waals surface area contributed by atoms with Crippen LogP contribution in [-0.4, -0.2) is 7.11 Å². The van der Waals surface area contributed by atoms with E-state index < -0.39 is 0 Å². The highest BCUT2D eigenvalue weighted by molar-refractivity contribution is 5.43. The van der Waals surface area contributed by atoms with Gasteiger partial charge >= 0.3 is 0 Å². The van der Waals surface area contributed by atoms with E-state index in [0.29, 0.717) is 5.75 Å². The van der Waals surface area contributed by atoms with E-state index in [4.69, 9.17) is 15.2 Å². The third kappa shape index (κ3) is 3.26. The Morgan fingerprint density at radius 3 is 2.21 bits per heavy atom. The molecule has 0 aromatic heterocycles. The highest BCUT2D eigenvalue weighted by Gasteiger charge is 2.06. The minimum absolute atomic E-state index is 0.0836. The van der Waals surface area contributed by atoms with Crippen molar-refractivity contribution in [2.24, 2.45) is 5.73 Å². The van der Waals surface area contributed by atoms with E-state index >= 15 is 0 Å². The fourth-order valence-corrected chi connectivity index (χ4v) is 1.85. The molecule has 3 heteroatoms. The Morgan fingerprint density at radius 2 is 1.63 bits per heavy atom. The zero-order chi connectivity index (χ0) is 13.7. The maximum atomic E-state index is 5.98. The molecule has 2 N–H and O–H groups in total. The molecule has 0 saturated carbocycles. The zero-order valence-electron chi connectivity index (χ0n) is 11.3. The molecule has 0 bridgehead atoms. The molecule has 2 aromatic rings. The van der Waals surface area contributed by atoms with E-state index in [1.54, 1.807) is 7.11 Å². The Kier molecular flexibility index (Phi) is 4.42. The van der Waals surface area contributed by atoms with E-state index in [1.807, 2.05) is 48.5 Å². The van der Waals surface area contributed by atoms with E-state index in [2.05, 4.69) is 6.92 Å². The van der Waals surface area contributed by atoms with Crippen LogP contribution in [-0.2, 0) is 0 Å². The molecule has 1 unspecified atom stereocenters. The van der Waals surface area contributed by atoms with Crippen LogP contribution in [0.4, 0.5) is 0 Å². The monoisotopic (exact) mass is 257 g/mol. The summed E-state index contributed by atoms with van der Waals surface area (Å²) in [5.74, 6) is 2.20. The third-order valence-corrected chi connectivity index (χ3v) is 3.04. The van der Waals surface area contributed by atoms with E-state index in [9.17, 15) is 0 Å². The third-order valence-electron chi connectivity index (χ3n) is 3.04. The lowest BCUT2D eigenvalue weighted by Crippen LogP contribution is -2.08. The largest absolute Gasteiger partial charge is 0.493 e. The van der Waals surface area contributed by atoms with E-state index in [0.717, 1.165) is 23.5 Å². The average Bonchev–Trinajstić information content (AvgIpc) is 2.48. The van der Waals surface area contributed by atoms with Crippen molar-refractivity contribution in [3.8, 4) is 17.2 Å². The maximum Gasteiger partial charge on any atom is 0.169 e.